The average molecular weight is 391 g/mol. The molecule has 2 aliphatic rings. The summed E-state index contributed by atoms with van der Waals surface area (Å²) in [4.78, 5) is 0.366. The molecule has 0 unspecified atom stereocenters. The molecule has 0 radical (unpaired) electrons. The molecule has 1 fully saturated rings. The van der Waals surface area contributed by atoms with Crippen molar-refractivity contribution >= 4 is 15.7 Å². The van der Waals surface area contributed by atoms with Crippen LogP contribution in [0.25, 0.3) is 0 Å². The Morgan fingerprint density at radius 2 is 1.70 bits per heavy atom. The van der Waals surface area contributed by atoms with E-state index >= 15 is 0 Å². The van der Waals surface area contributed by atoms with Gasteiger partial charge in [0.2, 0.25) is 10.0 Å². The van der Waals surface area contributed by atoms with Gasteiger partial charge in [-0.15, -0.1) is 0 Å². The van der Waals surface area contributed by atoms with Crippen LogP contribution in [0.4, 0.5) is 5.69 Å². The normalized spacial score (nSPS) is 27.6. The van der Waals surface area contributed by atoms with Gasteiger partial charge in [0, 0.05) is 18.3 Å². The average Bonchev–Trinajstić information content (AvgIpc) is 2.62. The van der Waals surface area contributed by atoms with Gasteiger partial charge < -0.3 is 5.73 Å². The van der Waals surface area contributed by atoms with Crippen LogP contribution in [0.5, 0.6) is 0 Å². The molecule has 1 saturated carbocycles. The van der Waals surface area contributed by atoms with Crippen LogP contribution in [-0.2, 0) is 10.0 Å². The first-order valence-electron chi connectivity index (χ1n) is 10.3. The fourth-order valence-electron chi connectivity index (χ4n) is 4.96. The van der Waals surface area contributed by atoms with Gasteiger partial charge in [0.05, 0.1) is 4.90 Å². The smallest absolute Gasteiger partial charge is 0.243 e. The molecule has 0 spiro atoms. The van der Waals surface area contributed by atoms with Crippen molar-refractivity contribution < 1.29 is 8.42 Å². The highest BCUT2D eigenvalue weighted by atomic mass is 32.2. The molecule has 5 heteroatoms. The van der Waals surface area contributed by atoms with Gasteiger partial charge in [0.25, 0.3) is 0 Å². The Hall–Kier alpha value is -1.33. The summed E-state index contributed by atoms with van der Waals surface area (Å²) in [7, 11) is -3.52. The molecule has 2 aliphatic carbocycles. The summed E-state index contributed by atoms with van der Waals surface area (Å²) >= 11 is 0. The van der Waals surface area contributed by atoms with E-state index < -0.39 is 10.0 Å². The highest BCUT2D eigenvalue weighted by Crippen LogP contribution is 2.37. The van der Waals surface area contributed by atoms with E-state index in [2.05, 4.69) is 26.8 Å². The Bertz CT molecular complexity index is 764. The zero-order valence-electron chi connectivity index (χ0n) is 16.9. The second-order valence-corrected chi connectivity index (χ2v) is 10.5. The Kier molecular flexibility index (Phi) is 6.32. The second-order valence-electron chi connectivity index (χ2n) is 8.65. The number of benzene rings is 1. The Morgan fingerprint density at radius 1 is 1.07 bits per heavy atom. The van der Waals surface area contributed by atoms with Crippen LogP contribution < -0.4 is 5.73 Å². The Labute approximate surface area is 164 Å². The molecule has 0 bridgehead atoms. The first-order valence-corrected chi connectivity index (χ1v) is 11.8. The summed E-state index contributed by atoms with van der Waals surface area (Å²) < 4.78 is 29.0. The van der Waals surface area contributed by atoms with Crippen LogP contribution in [-0.4, -0.2) is 25.3 Å². The monoisotopic (exact) mass is 390 g/mol. The predicted octanol–water partition coefficient (Wildman–Crippen LogP) is 4.83. The maximum Gasteiger partial charge on any atom is 0.243 e. The summed E-state index contributed by atoms with van der Waals surface area (Å²) in [5.41, 5.74) is 7.79. The number of nitrogens with zero attached hydrogens (tertiary/aromatic N) is 1. The molecular weight excluding hydrogens is 356 g/mol. The maximum atomic E-state index is 13.6. The molecule has 3 atom stereocenters. The van der Waals surface area contributed by atoms with E-state index in [0.29, 0.717) is 34.9 Å². The van der Waals surface area contributed by atoms with E-state index in [1.807, 2.05) is 4.31 Å². The molecule has 27 heavy (non-hydrogen) atoms. The van der Waals surface area contributed by atoms with Crippen LogP contribution in [0.2, 0.25) is 0 Å². The van der Waals surface area contributed by atoms with Gasteiger partial charge in [-0.2, -0.15) is 4.31 Å². The van der Waals surface area contributed by atoms with Crippen molar-refractivity contribution in [2.24, 2.45) is 17.8 Å². The van der Waals surface area contributed by atoms with Gasteiger partial charge in [0.1, 0.15) is 0 Å². The van der Waals surface area contributed by atoms with Crippen LogP contribution in [0.1, 0.15) is 59.3 Å². The lowest BCUT2D eigenvalue weighted by Crippen LogP contribution is -2.46. The van der Waals surface area contributed by atoms with Crippen molar-refractivity contribution in [3.8, 4) is 0 Å². The first-order chi connectivity index (χ1) is 12.8. The van der Waals surface area contributed by atoms with Crippen LogP contribution in [0, 0.1) is 17.8 Å². The molecule has 2 N–H and O–H groups in total. The molecular formula is C22H34N2O2S. The fraction of sp³-hybridized carbons (Fsp3) is 0.636. The van der Waals surface area contributed by atoms with E-state index in [1.165, 1.54) is 12.0 Å². The second kappa shape index (κ2) is 8.36. The standard InChI is InChI=1S/C22H34N2O2S/c1-16-13-17(2)22(18(3)14-16)15-24(20-7-5-4-6-8-20)27(25,26)21-11-9-19(23)10-12-21/h9-13,17-18,20,22H,4-8,14-15,23H2,1-3H3/t17-,18-,22+/m0/s1. The third-order valence-corrected chi connectivity index (χ3v) is 8.39. The summed E-state index contributed by atoms with van der Waals surface area (Å²) in [5, 5.41) is 0. The molecule has 1 aromatic carbocycles. The molecule has 150 valence electrons. The Balaban J connectivity index is 1.92. The van der Waals surface area contributed by atoms with Crippen LogP contribution in [0.15, 0.2) is 40.8 Å². The lowest BCUT2D eigenvalue weighted by Gasteiger charge is -2.40. The third-order valence-electron chi connectivity index (χ3n) is 6.46. The zero-order chi connectivity index (χ0) is 19.6. The number of sulfonamides is 1. The van der Waals surface area contributed by atoms with Gasteiger partial charge in [-0.05, 0) is 68.2 Å². The van der Waals surface area contributed by atoms with E-state index in [4.69, 9.17) is 5.73 Å². The minimum absolute atomic E-state index is 0.118. The molecule has 0 aliphatic heterocycles. The molecule has 3 rings (SSSR count). The van der Waals surface area contributed by atoms with Crippen molar-refractivity contribution in [3.05, 3.63) is 35.9 Å². The first kappa shape index (κ1) is 20.4. The highest BCUT2D eigenvalue weighted by molar-refractivity contribution is 7.89. The Morgan fingerprint density at radius 3 is 2.30 bits per heavy atom. The van der Waals surface area contributed by atoms with Gasteiger partial charge >= 0.3 is 0 Å². The SMILES string of the molecule is CC1=C[C@H](C)[C@@H](CN(C2CCCCC2)S(=O)(=O)c2ccc(N)cc2)[C@@H](C)C1. The lowest BCUT2D eigenvalue weighted by atomic mass is 9.75. The summed E-state index contributed by atoms with van der Waals surface area (Å²) in [6.45, 7) is 7.31. The van der Waals surface area contributed by atoms with Gasteiger partial charge in [-0.3, -0.25) is 0 Å². The number of anilines is 1. The van der Waals surface area contributed by atoms with Crippen molar-refractivity contribution in [1.29, 1.82) is 0 Å². The fourth-order valence-corrected chi connectivity index (χ4v) is 6.68. The summed E-state index contributed by atoms with van der Waals surface area (Å²) in [6, 6.07) is 6.79. The number of nitrogen functional groups attached to an aromatic ring is 1. The highest BCUT2D eigenvalue weighted by Gasteiger charge is 2.37. The molecule has 0 aromatic heterocycles. The van der Waals surface area contributed by atoms with E-state index in [1.54, 1.807) is 24.3 Å². The lowest BCUT2D eigenvalue weighted by molar-refractivity contribution is 0.170. The number of allylic oxidation sites excluding steroid dienone is 2. The summed E-state index contributed by atoms with van der Waals surface area (Å²) in [6.07, 6.45) is 8.79. The number of hydrogen-bond acceptors (Lipinski definition) is 3. The van der Waals surface area contributed by atoms with E-state index in [0.717, 1.165) is 32.1 Å². The molecule has 4 nitrogen and oxygen atoms in total. The zero-order valence-corrected chi connectivity index (χ0v) is 17.7. The van der Waals surface area contributed by atoms with E-state index in [9.17, 15) is 8.42 Å². The molecule has 0 saturated heterocycles. The predicted molar refractivity (Wildman–Crippen MR) is 112 cm³/mol. The van der Waals surface area contributed by atoms with Crippen molar-refractivity contribution in [1.82, 2.24) is 4.31 Å². The maximum absolute atomic E-state index is 13.6. The summed E-state index contributed by atoms with van der Waals surface area (Å²) in [5.74, 6) is 1.26. The molecule has 1 aromatic rings. The molecule has 0 amide bonds. The minimum atomic E-state index is -3.52. The van der Waals surface area contributed by atoms with Crippen molar-refractivity contribution in [2.45, 2.75) is 70.2 Å². The van der Waals surface area contributed by atoms with Gasteiger partial charge in [0.15, 0.2) is 0 Å². The quantitative estimate of drug-likeness (QED) is 0.578. The number of hydrogen-bond donors (Lipinski definition) is 1. The topological polar surface area (TPSA) is 63.4 Å². The van der Waals surface area contributed by atoms with Crippen LogP contribution in [0.3, 0.4) is 0 Å². The molecule has 0 heterocycles. The largest absolute Gasteiger partial charge is 0.399 e. The van der Waals surface area contributed by atoms with Crippen molar-refractivity contribution in [2.75, 3.05) is 12.3 Å². The number of nitrogens with two attached hydrogens (primary N) is 1. The van der Waals surface area contributed by atoms with E-state index in [-0.39, 0.29) is 6.04 Å². The third kappa shape index (κ3) is 4.57. The number of rotatable bonds is 5. The van der Waals surface area contributed by atoms with Gasteiger partial charge in [-0.25, -0.2) is 8.42 Å². The minimum Gasteiger partial charge on any atom is -0.399 e. The van der Waals surface area contributed by atoms with Gasteiger partial charge in [-0.1, -0.05) is 44.8 Å². The van der Waals surface area contributed by atoms with Crippen molar-refractivity contribution in [3.63, 3.8) is 0 Å². The van der Waals surface area contributed by atoms with Crippen LogP contribution >= 0.6 is 0 Å².